The number of unbranched alkanes of at least 4 members (excludes halogenated alkanes) is 14. The number of benzene rings is 1. The van der Waals surface area contributed by atoms with Crippen molar-refractivity contribution in [2.45, 2.75) is 147 Å². The number of aliphatic hydroxyl groups excluding tert-OH is 2. The third-order valence-corrected chi connectivity index (χ3v) is 11.2. The molecule has 0 spiro atoms. The molecule has 2 unspecified atom stereocenters. The van der Waals surface area contributed by atoms with Gasteiger partial charge in [-0.05, 0) is 43.2 Å². The summed E-state index contributed by atoms with van der Waals surface area (Å²) in [5, 5.41) is 35.3. The number of aliphatic hydroxyl groups is 2. The lowest BCUT2D eigenvalue weighted by molar-refractivity contribution is -0.0901. The molecular weight excluding hydrogens is 725 g/mol. The number of nitriles is 1. The molecule has 14 nitrogen and oxygen atoms in total. The number of fused-ring (bicyclic) bond motifs is 1. The lowest BCUT2D eigenvalue weighted by atomic mass is 9.93. The van der Waals surface area contributed by atoms with Crippen molar-refractivity contribution in [2.75, 3.05) is 32.2 Å². The summed E-state index contributed by atoms with van der Waals surface area (Å²) >= 11 is 0. The maximum Gasteiger partial charge on any atom is 0.472 e. The summed E-state index contributed by atoms with van der Waals surface area (Å²) in [6.07, 6.45) is 15.6. The minimum Gasteiger partial charge on any atom is -0.387 e. The SMILES string of the molecule is CCCCCCCCCCCCCCCCCOC[C@H](COP(=O)(O)OCC1O[C@@](C)(c2ccc3c(N)ncnn23)[C@H](O)[C@@H]1O)OCc1cccc(C#N)c1. The molecule has 1 aromatic carbocycles. The highest BCUT2D eigenvalue weighted by Crippen LogP contribution is 2.46. The van der Waals surface area contributed by atoms with Crippen LogP contribution in [0, 0.1) is 11.3 Å². The molecule has 1 fully saturated rings. The molecule has 0 aliphatic carbocycles. The quantitative estimate of drug-likeness (QED) is 0.0428. The molecule has 5 N–H and O–H groups in total. The van der Waals surface area contributed by atoms with E-state index in [1.54, 1.807) is 37.3 Å². The van der Waals surface area contributed by atoms with Gasteiger partial charge in [0.25, 0.3) is 0 Å². The van der Waals surface area contributed by atoms with E-state index in [0.717, 1.165) is 24.8 Å². The van der Waals surface area contributed by atoms with E-state index in [1.165, 1.54) is 87.9 Å². The number of nitrogen functional groups attached to an aromatic ring is 1. The second kappa shape index (κ2) is 23.3. The first kappa shape index (κ1) is 44.8. The molecule has 1 saturated heterocycles. The zero-order chi connectivity index (χ0) is 39.5. The summed E-state index contributed by atoms with van der Waals surface area (Å²) in [6, 6.07) is 12.4. The normalized spacial score (nSPS) is 21.5. The first-order chi connectivity index (χ1) is 26.6. The maximum atomic E-state index is 13.0. The van der Waals surface area contributed by atoms with Gasteiger partial charge >= 0.3 is 7.82 Å². The third-order valence-electron chi connectivity index (χ3n) is 10.2. The molecule has 15 heteroatoms. The molecule has 3 heterocycles. The standard InChI is InChI=1S/C40H62N5O9P/c1-3-4-5-6-7-8-9-10-11-12-13-14-15-16-17-23-50-27-33(51-26-32-20-18-19-31(24-32)25-41)28-52-55(48,49)53-29-35-37(46)38(47)40(2,54-35)36-22-21-34-39(42)43-30-44-45(34)36/h18-22,24,30,33,35,37-38,46-47H,3-17,23,26-29H2,1-2H3,(H,48,49)(H2,42,43,44)/t33-,35?,37-,38-,40+/m1/s1. The third kappa shape index (κ3) is 14.2. The van der Waals surface area contributed by atoms with Gasteiger partial charge in [-0.3, -0.25) is 9.05 Å². The average molecular weight is 788 g/mol. The summed E-state index contributed by atoms with van der Waals surface area (Å²) in [5.41, 5.74) is 6.64. The second-order valence-corrected chi connectivity index (χ2v) is 16.1. The Bertz CT molecular complexity index is 1650. The van der Waals surface area contributed by atoms with Crippen molar-refractivity contribution in [2.24, 2.45) is 0 Å². The van der Waals surface area contributed by atoms with Gasteiger partial charge in [-0.25, -0.2) is 14.1 Å². The molecule has 4 rings (SSSR count). The van der Waals surface area contributed by atoms with E-state index in [9.17, 15) is 24.9 Å². The molecule has 6 atom stereocenters. The van der Waals surface area contributed by atoms with Crippen LogP contribution in [-0.2, 0) is 40.0 Å². The predicted molar refractivity (Wildman–Crippen MR) is 209 cm³/mol. The van der Waals surface area contributed by atoms with E-state index < -0.39 is 44.4 Å². The van der Waals surface area contributed by atoms with Crippen LogP contribution in [0.5, 0.6) is 0 Å². The molecule has 3 aromatic rings. The second-order valence-electron chi connectivity index (χ2n) is 14.7. The van der Waals surface area contributed by atoms with Crippen LogP contribution in [0.25, 0.3) is 5.52 Å². The minimum atomic E-state index is -4.67. The molecule has 306 valence electrons. The van der Waals surface area contributed by atoms with E-state index in [2.05, 4.69) is 23.1 Å². The molecule has 2 aromatic heterocycles. The molecular formula is C40H62N5O9P. The average Bonchev–Trinajstić information content (AvgIpc) is 3.72. The number of anilines is 1. The summed E-state index contributed by atoms with van der Waals surface area (Å²) in [7, 11) is -4.67. The lowest BCUT2D eigenvalue weighted by Crippen LogP contribution is -2.39. The summed E-state index contributed by atoms with van der Waals surface area (Å²) in [6.45, 7) is 3.72. The summed E-state index contributed by atoms with van der Waals surface area (Å²) < 4.78 is 43.0. The van der Waals surface area contributed by atoms with Crippen LogP contribution in [0.2, 0.25) is 0 Å². The number of aromatic nitrogens is 3. The fraction of sp³-hybridized carbons (Fsp3) is 0.675. The Labute approximate surface area is 325 Å². The Hall–Kier alpha value is -2.96. The van der Waals surface area contributed by atoms with Crippen LogP contribution in [-0.4, -0.2) is 80.5 Å². The van der Waals surface area contributed by atoms with Crippen molar-refractivity contribution in [3.05, 3.63) is 59.5 Å². The monoisotopic (exact) mass is 787 g/mol. The van der Waals surface area contributed by atoms with Crippen LogP contribution in [0.1, 0.15) is 127 Å². The van der Waals surface area contributed by atoms with E-state index in [0.29, 0.717) is 23.4 Å². The van der Waals surface area contributed by atoms with Crippen molar-refractivity contribution >= 4 is 19.2 Å². The van der Waals surface area contributed by atoms with Crippen LogP contribution < -0.4 is 5.73 Å². The highest BCUT2D eigenvalue weighted by Gasteiger charge is 2.54. The van der Waals surface area contributed by atoms with Gasteiger partial charge in [-0.2, -0.15) is 10.4 Å². The van der Waals surface area contributed by atoms with E-state index in [-0.39, 0.29) is 25.6 Å². The van der Waals surface area contributed by atoms with Crippen molar-refractivity contribution in [1.82, 2.24) is 14.6 Å². The van der Waals surface area contributed by atoms with Crippen molar-refractivity contribution in [3.8, 4) is 6.07 Å². The number of hydrogen-bond donors (Lipinski definition) is 4. The fourth-order valence-corrected chi connectivity index (χ4v) is 7.68. The summed E-state index contributed by atoms with van der Waals surface area (Å²) in [5.74, 6) is 0.226. The van der Waals surface area contributed by atoms with E-state index in [4.69, 9.17) is 29.0 Å². The largest absolute Gasteiger partial charge is 0.472 e. The van der Waals surface area contributed by atoms with Crippen LogP contribution >= 0.6 is 7.82 Å². The number of phosphoric ester groups is 1. The highest BCUT2D eigenvalue weighted by atomic mass is 31.2. The van der Waals surface area contributed by atoms with Crippen LogP contribution in [0.3, 0.4) is 0 Å². The van der Waals surface area contributed by atoms with Gasteiger partial charge in [-0.15, -0.1) is 0 Å². The first-order valence-corrected chi connectivity index (χ1v) is 21.5. The Balaban J connectivity index is 1.18. The van der Waals surface area contributed by atoms with Crippen molar-refractivity contribution < 1.29 is 42.9 Å². The van der Waals surface area contributed by atoms with Crippen LogP contribution in [0.4, 0.5) is 5.82 Å². The predicted octanol–water partition coefficient (Wildman–Crippen LogP) is 7.13. The number of hydrogen-bond acceptors (Lipinski definition) is 12. The van der Waals surface area contributed by atoms with E-state index in [1.807, 2.05) is 6.07 Å². The Kier molecular flexibility index (Phi) is 19.0. The number of nitrogens with two attached hydrogens (primary N) is 1. The zero-order valence-electron chi connectivity index (χ0n) is 32.6. The lowest BCUT2D eigenvalue weighted by Gasteiger charge is -2.27. The first-order valence-electron chi connectivity index (χ1n) is 20.0. The Morgan fingerprint density at radius 2 is 1.62 bits per heavy atom. The van der Waals surface area contributed by atoms with Gasteiger partial charge in [-0.1, -0.05) is 109 Å². The molecule has 0 saturated carbocycles. The van der Waals surface area contributed by atoms with Gasteiger partial charge in [0.05, 0.1) is 43.8 Å². The Morgan fingerprint density at radius 3 is 2.27 bits per heavy atom. The smallest absolute Gasteiger partial charge is 0.387 e. The minimum absolute atomic E-state index is 0.116. The maximum absolute atomic E-state index is 13.0. The fourth-order valence-electron chi connectivity index (χ4n) is 6.92. The summed E-state index contributed by atoms with van der Waals surface area (Å²) in [4.78, 5) is 14.5. The number of nitrogens with zero attached hydrogens (tertiary/aromatic N) is 4. The highest BCUT2D eigenvalue weighted by molar-refractivity contribution is 7.47. The number of rotatable bonds is 28. The molecule has 0 bridgehead atoms. The molecule has 0 radical (unpaired) electrons. The van der Waals surface area contributed by atoms with Gasteiger partial charge in [0.15, 0.2) is 5.82 Å². The Morgan fingerprint density at radius 1 is 0.964 bits per heavy atom. The molecule has 1 aliphatic rings. The number of phosphoric acid groups is 1. The van der Waals surface area contributed by atoms with Crippen molar-refractivity contribution in [1.29, 1.82) is 5.26 Å². The van der Waals surface area contributed by atoms with Gasteiger partial charge < -0.3 is 35.1 Å². The number of ether oxygens (including phenoxy) is 3. The van der Waals surface area contributed by atoms with Gasteiger partial charge in [0.2, 0.25) is 0 Å². The molecule has 1 aliphatic heterocycles. The van der Waals surface area contributed by atoms with E-state index >= 15 is 0 Å². The van der Waals surface area contributed by atoms with Crippen LogP contribution in [0.15, 0.2) is 42.7 Å². The van der Waals surface area contributed by atoms with Gasteiger partial charge in [0.1, 0.15) is 41.9 Å². The van der Waals surface area contributed by atoms with Gasteiger partial charge in [0, 0.05) is 6.61 Å². The molecule has 55 heavy (non-hydrogen) atoms. The molecule has 0 amide bonds. The zero-order valence-corrected chi connectivity index (χ0v) is 33.5. The topological polar surface area (TPSA) is 204 Å². The van der Waals surface area contributed by atoms with Crippen molar-refractivity contribution in [3.63, 3.8) is 0 Å².